The summed E-state index contributed by atoms with van der Waals surface area (Å²) in [6.07, 6.45) is 5.94. The lowest BCUT2D eigenvalue weighted by Gasteiger charge is -2.47. The molecule has 2 bridgehead atoms. The van der Waals surface area contributed by atoms with Crippen molar-refractivity contribution in [3.05, 3.63) is 28.5 Å². The molecule has 2 aliphatic rings. The van der Waals surface area contributed by atoms with Crippen molar-refractivity contribution in [1.29, 1.82) is 0 Å². The van der Waals surface area contributed by atoms with Gasteiger partial charge in [-0.25, -0.2) is 17.5 Å². The van der Waals surface area contributed by atoms with Gasteiger partial charge >= 0.3 is 0 Å². The Kier molecular flexibility index (Phi) is 7.54. The highest BCUT2D eigenvalue weighted by atomic mass is 35.5. The molecule has 31 heavy (non-hydrogen) atoms. The van der Waals surface area contributed by atoms with Crippen molar-refractivity contribution in [2.45, 2.75) is 46.0 Å². The summed E-state index contributed by atoms with van der Waals surface area (Å²) in [5.41, 5.74) is -0.454. The Labute approximate surface area is 188 Å². The van der Waals surface area contributed by atoms with Crippen molar-refractivity contribution in [2.75, 3.05) is 26.1 Å². The molecule has 0 spiro atoms. The van der Waals surface area contributed by atoms with Crippen LogP contribution in [0.3, 0.4) is 0 Å². The maximum absolute atomic E-state index is 14.6. The number of hydrogen-bond donors (Lipinski definition) is 1. The lowest BCUT2D eigenvalue weighted by atomic mass is 9.60. The molecule has 9 heteroatoms. The Hall–Kier alpha value is -1.38. The normalized spacial score (nSPS) is 28.2. The van der Waals surface area contributed by atoms with E-state index in [0.29, 0.717) is 18.4 Å². The van der Waals surface area contributed by atoms with Crippen LogP contribution in [0.1, 0.15) is 56.3 Å². The quantitative estimate of drug-likeness (QED) is 0.602. The monoisotopic (exact) mass is 475 g/mol. The number of carbonyl (C=O) groups excluding carboxylic acids is 1. The molecule has 3 rings (SSSR count). The molecule has 0 heterocycles. The van der Waals surface area contributed by atoms with Gasteiger partial charge in [0.2, 0.25) is 10.0 Å². The number of rotatable bonds is 8. The van der Waals surface area contributed by atoms with E-state index in [9.17, 15) is 17.6 Å². The zero-order valence-electron chi connectivity index (χ0n) is 18.2. The third-order valence-electron chi connectivity index (χ3n) is 6.35. The van der Waals surface area contributed by atoms with Crippen LogP contribution in [0.5, 0.6) is 5.75 Å². The highest BCUT2D eigenvalue weighted by Crippen LogP contribution is 2.50. The molecular weight excluding hydrogens is 445 g/mol. The van der Waals surface area contributed by atoms with E-state index in [1.165, 1.54) is 26.4 Å². The fourth-order valence-corrected chi connectivity index (χ4v) is 6.43. The van der Waals surface area contributed by atoms with Crippen molar-refractivity contribution in [1.82, 2.24) is 4.72 Å². The molecule has 1 aromatic rings. The van der Waals surface area contributed by atoms with Crippen LogP contribution in [0.15, 0.2) is 12.1 Å². The van der Waals surface area contributed by atoms with E-state index in [1.807, 2.05) is 4.72 Å². The molecule has 1 amide bonds. The number of halogens is 2. The molecule has 2 saturated carbocycles. The van der Waals surface area contributed by atoms with Gasteiger partial charge in [-0.2, -0.15) is 0 Å². The third kappa shape index (κ3) is 6.33. The second kappa shape index (κ2) is 9.63. The van der Waals surface area contributed by atoms with E-state index in [1.54, 1.807) is 0 Å². The molecule has 1 N–H and O–H groups in total. The van der Waals surface area contributed by atoms with E-state index in [4.69, 9.17) is 21.1 Å². The van der Waals surface area contributed by atoms with Crippen molar-refractivity contribution in [3.63, 3.8) is 0 Å². The second-order valence-electron chi connectivity index (χ2n) is 9.56. The third-order valence-corrected chi connectivity index (χ3v) is 7.84. The average Bonchev–Trinajstić information content (AvgIpc) is 2.65. The first-order valence-corrected chi connectivity index (χ1v) is 12.7. The van der Waals surface area contributed by atoms with Crippen molar-refractivity contribution in [2.24, 2.45) is 23.2 Å². The first-order valence-electron chi connectivity index (χ1n) is 10.7. The molecule has 2 unspecified atom stereocenters. The van der Waals surface area contributed by atoms with Crippen LogP contribution in [0.4, 0.5) is 4.39 Å². The maximum Gasteiger partial charge on any atom is 0.267 e. The fourth-order valence-electron chi connectivity index (χ4n) is 5.33. The number of ether oxygens (including phenoxy) is 2. The molecule has 174 valence electrons. The highest BCUT2D eigenvalue weighted by Gasteiger charge is 2.41. The number of carbonyl (C=O) groups is 1. The van der Waals surface area contributed by atoms with E-state index >= 15 is 0 Å². The van der Waals surface area contributed by atoms with Crippen LogP contribution in [-0.2, 0) is 14.8 Å². The minimum atomic E-state index is -3.94. The minimum Gasteiger partial charge on any atom is -0.491 e. The van der Waals surface area contributed by atoms with Gasteiger partial charge in [0.15, 0.2) is 0 Å². The van der Waals surface area contributed by atoms with E-state index in [-0.39, 0.29) is 22.8 Å². The minimum absolute atomic E-state index is 0.000990. The lowest BCUT2D eigenvalue weighted by molar-refractivity contribution is 0.0146. The number of fused-ring (bicyclic) bond motifs is 2. The van der Waals surface area contributed by atoms with Gasteiger partial charge in [0.05, 0.1) is 29.6 Å². The molecule has 2 atom stereocenters. The Morgan fingerprint density at radius 2 is 1.90 bits per heavy atom. The van der Waals surface area contributed by atoms with Gasteiger partial charge in [0.25, 0.3) is 5.91 Å². The highest BCUT2D eigenvalue weighted by molar-refractivity contribution is 7.90. The van der Waals surface area contributed by atoms with Crippen LogP contribution in [0, 0.1) is 29.0 Å². The summed E-state index contributed by atoms with van der Waals surface area (Å²) >= 11 is 6.24. The fraction of sp³-hybridized carbons (Fsp3) is 0.682. The molecule has 0 radical (unpaired) electrons. The zero-order chi connectivity index (χ0) is 22.8. The molecule has 0 saturated heterocycles. The van der Waals surface area contributed by atoms with Crippen LogP contribution < -0.4 is 9.46 Å². The van der Waals surface area contributed by atoms with Gasteiger partial charge in [0, 0.05) is 18.6 Å². The topological polar surface area (TPSA) is 81.7 Å². The molecule has 6 nitrogen and oxygen atoms in total. The second-order valence-corrected chi connectivity index (χ2v) is 11.8. The van der Waals surface area contributed by atoms with Crippen LogP contribution in [0.25, 0.3) is 0 Å². The Morgan fingerprint density at radius 1 is 1.26 bits per heavy atom. The summed E-state index contributed by atoms with van der Waals surface area (Å²) in [5, 5.41) is 0.0639. The van der Waals surface area contributed by atoms with Gasteiger partial charge in [-0.05, 0) is 55.9 Å². The number of nitrogens with one attached hydrogen (secondary N) is 1. The first kappa shape index (κ1) is 24.3. The number of benzene rings is 1. The molecule has 2 aliphatic carbocycles. The van der Waals surface area contributed by atoms with Crippen LogP contribution in [0.2, 0.25) is 5.02 Å². The average molecular weight is 476 g/mol. The summed E-state index contributed by atoms with van der Waals surface area (Å²) < 4.78 is 50.7. The van der Waals surface area contributed by atoms with Crippen molar-refractivity contribution >= 4 is 27.5 Å². The molecular formula is C22H31ClFNO5S. The van der Waals surface area contributed by atoms with Crippen molar-refractivity contribution in [3.8, 4) is 5.75 Å². The van der Waals surface area contributed by atoms with Gasteiger partial charge in [0.1, 0.15) is 11.6 Å². The molecule has 0 aromatic heterocycles. The first-order chi connectivity index (χ1) is 14.5. The molecule has 2 fully saturated rings. The molecule has 1 aromatic carbocycles. The van der Waals surface area contributed by atoms with E-state index in [0.717, 1.165) is 30.9 Å². The lowest BCUT2D eigenvalue weighted by Crippen LogP contribution is -2.39. The standard InChI is InChI=1S/C22H31ClFNO5S/c1-14-6-15-8-16(7-14)12-22(2,11-15)13-30-20-10-19(24)17(9-18(20)23)21(26)25-31(27,28)5-4-29-3/h9-10,14-16H,4-8,11-13H2,1-3H3,(H,25,26). The largest absolute Gasteiger partial charge is 0.491 e. The molecule has 0 aliphatic heterocycles. The maximum atomic E-state index is 14.6. The van der Waals surface area contributed by atoms with E-state index < -0.39 is 33.1 Å². The number of methoxy groups -OCH3 is 1. The predicted molar refractivity (Wildman–Crippen MR) is 117 cm³/mol. The van der Waals surface area contributed by atoms with E-state index in [2.05, 4.69) is 13.8 Å². The predicted octanol–water partition coefficient (Wildman–Crippen LogP) is 4.42. The number of sulfonamides is 1. The van der Waals surface area contributed by atoms with Gasteiger partial charge in [-0.1, -0.05) is 25.4 Å². The Balaban J connectivity index is 1.66. The van der Waals surface area contributed by atoms with Crippen molar-refractivity contribution < 1.29 is 27.1 Å². The number of amides is 1. The summed E-state index contributed by atoms with van der Waals surface area (Å²) in [7, 11) is -2.60. The Bertz CT molecular complexity index is 905. The van der Waals surface area contributed by atoms with Gasteiger partial charge in [-0.15, -0.1) is 0 Å². The smallest absolute Gasteiger partial charge is 0.267 e. The summed E-state index contributed by atoms with van der Waals surface area (Å²) in [6.45, 7) is 4.86. The Morgan fingerprint density at radius 3 is 2.52 bits per heavy atom. The summed E-state index contributed by atoms with van der Waals surface area (Å²) in [5.74, 6) is -0.0472. The van der Waals surface area contributed by atoms with Crippen LogP contribution >= 0.6 is 11.6 Å². The van der Waals surface area contributed by atoms with Gasteiger partial charge in [-0.3, -0.25) is 4.79 Å². The van der Waals surface area contributed by atoms with Gasteiger partial charge < -0.3 is 9.47 Å². The SMILES string of the molecule is COCCS(=O)(=O)NC(=O)c1cc(Cl)c(OCC2(C)CC3CC(C)CC(C3)C2)cc1F. The summed E-state index contributed by atoms with van der Waals surface area (Å²) in [6, 6.07) is 2.15. The summed E-state index contributed by atoms with van der Waals surface area (Å²) in [4.78, 5) is 12.2. The van der Waals surface area contributed by atoms with Crippen LogP contribution in [-0.4, -0.2) is 40.4 Å². The zero-order valence-corrected chi connectivity index (χ0v) is 19.8. The number of hydrogen-bond acceptors (Lipinski definition) is 5.